The Labute approximate surface area is 172 Å². The molecule has 6 atom stereocenters. The van der Waals surface area contributed by atoms with Crippen molar-refractivity contribution in [1.29, 1.82) is 0 Å². The Morgan fingerprint density at radius 1 is 0.920 bits per heavy atom. The Kier molecular flexibility index (Phi) is 17.0. The number of aliphatic hydroxyl groups is 6. The topological polar surface area (TPSA) is 228 Å². The van der Waals surface area contributed by atoms with Crippen molar-refractivity contribution in [3.05, 3.63) is 0 Å². The average molecular weight is 396 g/mol. The van der Waals surface area contributed by atoms with Gasteiger partial charge in [-0.15, -0.1) is 0 Å². The minimum absolute atomic E-state index is 0. The first-order chi connectivity index (χ1) is 10.9. The van der Waals surface area contributed by atoms with Gasteiger partial charge in [-0.1, -0.05) is 0 Å². The van der Waals surface area contributed by atoms with Crippen molar-refractivity contribution in [3.63, 3.8) is 0 Å². The molecule has 0 aromatic carbocycles. The first-order valence-corrected chi connectivity index (χ1v) is 6.50. The number of rotatable bonds is 8. The van der Waals surface area contributed by atoms with Crippen LogP contribution in [0.15, 0.2) is 0 Å². The molecule has 6 N–H and O–H groups in total. The van der Waals surface area contributed by atoms with E-state index < -0.39 is 61.1 Å². The van der Waals surface area contributed by atoms with Gasteiger partial charge in [0.05, 0.1) is 24.6 Å². The number of carbonyl (C=O) groups excluding carboxylic acids is 3. The molecule has 0 heterocycles. The monoisotopic (exact) mass is 396 g/mol. The maximum Gasteiger partial charge on any atom is 2.00 e. The number of carboxylic acids is 2. The molecule has 0 aliphatic heterocycles. The Balaban J connectivity index is -0.000000592. The maximum atomic E-state index is 11.1. The van der Waals surface area contributed by atoms with Gasteiger partial charge in [0, 0.05) is 0 Å². The molecule has 0 spiro atoms. The van der Waals surface area contributed by atoms with Crippen molar-refractivity contribution in [2.45, 2.75) is 50.5 Å². The van der Waals surface area contributed by atoms with Crippen LogP contribution in [0.1, 0.15) is 13.8 Å². The van der Waals surface area contributed by atoms with E-state index in [2.05, 4.69) is 4.74 Å². The zero-order valence-corrected chi connectivity index (χ0v) is 15.7. The molecule has 0 aromatic rings. The molecule has 0 fully saturated rings. The summed E-state index contributed by atoms with van der Waals surface area (Å²) < 4.78 is 4.19. The quantitative estimate of drug-likeness (QED) is 0.166. The number of hydrogen-bond donors (Lipinski definition) is 6. The molecule has 0 saturated carbocycles. The summed E-state index contributed by atoms with van der Waals surface area (Å²) >= 11 is 0. The molecule has 0 aliphatic rings. The van der Waals surface area contributed by atoms with Gasteiger partial charge >= 0.3 is 43.7 Å². The predicted octanol–water partition coefficient (Wildman–Crippen LogP) is -7.16. The molecule has 0 radical (unpaired) electrons. The van der Waals surface area contributed by atoms with Crippen molar-refractivity contribution in [1.82, 2.24) is 0 Å². The first-order valence-electron chi connectivity index (χ1n) is 6.50. The predicted molar refractivity (Wildman–Crippen MR) is 74.1 cm³/mol. The Morgan fingerprint density at radius 3 is 1.60 bits per heavy atom. The molecule has 0 aliphatic carbocycles. The molecular formula is C12H20CaO12. The summed E-state index contributed by atoms with van der Waals surface area (Å²) in [5, 5.41) is 72.7. The van der Waals surface area contributed by atoms with Crippen LogP contribution >= 0.6 is 0 Å². The van der Waals surface area contributed by atoms with E-state index in [4.69, 9.17) is 15.3 Å². The van der Waals surface area contributed by atoms with Crippen LogP contribution in [-0.4, -0.2) is 130 Å². The SMILES string of the molecule is CC(O)C(=O)[O-].CC(OC(=O)[C@H](O)[C@@H](O)[C@H](O)[C@H](O)CO)C(=O)[O-].[Ca+2]. The van der Waals surface area contributed by atoms with Gasteiger partial charge in [0.15, 0.2) is 6.10 Å². The van der Waals surface area contributed by atoms with E-state index in [9.17, 15) is 39.9 Å². The number of aliphatic carboxylic acids is 2. The average Bonchev–Trinajstić information content (AvgIpc) is 2.51. The van der Waals surface area contributed by atoms with E-state index in [-0.39, 0.29) is 37.7 Å². The molecule has 0 aromatic heterocycles. The van der Waals surface area contributed by atoms with Gasteiger partial charge in [-0.3, -0.25) is 0 Å². The number of hydrogen-bond acceptors (Lipinski definition) is 12. The largest absolute Gasteiger partial charge is 2.00 e. The summed E-state index contributed by atoms with van der Waals surface area (Å²) in [4.78, 5) is 30.7. The van der Waals surface area contributed by atoms with E-state index in [1.54, 1.807) is 0 Å². The second kappa shape index (κ2) is 14.6. The minimum atomic E-state index is -2.28. The van der Waals surface area contributed by atoms with Crippen LogP contribution in [0.5, 0.6) is 0 Å². The van der Waals surface area contributed by atoms with E-state index in [0.29, 0.717) is 0 Å². The zero-order chi connectivity index (χ0) is 19.6. The third-order valence-corrected chi connectivity index (χ3v) is 2.46. The third kappa shape index (κ3) is 12.4. The summed E-state index contributed by atoms with van der Waals surface area (Å²) in [5.74, 6) is -4.65. The van der Waals surface area contributed by atoms with Crippen LogP contribution in [0, 0.1) is 0 Å². The van der Waals surface area contributed by atoms with E-state index in [0.717, 1.165) is 13.8 Å². The fourth-order valence-electron chi connectivity index (χ4n) is 0.954. The van der Waals surface area contributed by atoms with Gasteiger partial charge in [0.1, 0.15) is 24.4 Å². The van der Waals surface area contributed by atoms with Crippen LogP contribution in [-0.2, 0) is 19.1 Å². The van der Waals surface area contributed by atoms with E-state index in [1.807, 2.05) is 0 Å². The number of esters is 1. The first kappa shape index (κ1) is 29.2. The van der Waals surface area contributed by atoms with Crippen LogP contribution in [0.3, 0.4) is 0 Å². The summed E-state index contributed by atoms with van der Waals surface area (Å²) in [5.41, 5.74) is 0. The van der Waals surface area contributed by atoms with Crippen LogP contribution in [0.25, 0.3) is 0 Å². The molecule has 12 nitrogen and oxygen atoms in total. The fraction of sp³-hybridized carbons (Fsp3) is 0.750. The summed E-state index contributed by atoms with van der Waals surface area (Å²) in [6.07, 6.45) is -11.2. The second-order valence-electron chi connectivity index (χ2n) is 4.57. The van der Waals surface area contributed by atoms with Gasteiger partial charge in [-0.05, 0) is 13.8 Å². The molecule has 0 rings (SSSR count). The standard InChI is InChI=1S/C9H16O9.C3H6O3.Ca/c1-3(8(15)16)18-9(17)7(14)6(13)5(12)4(11)2-10;1-2(4)3(5)6;/h3-7,10-14H,2H2,1H3,(H,15,16);2,4H,1H3,(H,5,6);/q;;+2/p-2/t3?,4-,5-,6+,7-;;/m1../s1. The molecule has 0 amide bonds. The van der Waals surface area contributed by atoms with Crippen molar-refractivity contribution < 1.29 is 60.0 Å². The Morgan fingerprint density at radius 2 is 1.32 bits per heavy atom. The Bertz CT molecular complexity index is 415. The normalized spacial score (nSPS) is 17.3. The van der Waals surface area contributed by atoms with Crippen molar-refractivity contribution >= 4 is 55.6 Å². The van der Waals surface area contributed by atoms with Crippen molar-refractivity contribution in [2.75, 3.05) is 6.61 Å². The Hall–Kier alpha value is -0.570. The van der Waals surface area contributed by atoms with Crippen LogP contribution < -0.4 is 10.2 Å². The molecule has 2 unspecified atom stereocenters. The van der Waals surface area contributed by atoms with Crippen molar-refractivity contribution in [2.24, 2.45) is 0 Å². The summed E-state index contributed by atoms with van der Waals surface area (Å²) in [7, 11) is 0. The van der Waals surface area contributed by atoms with Crippen LogP contribution in [0.2, 0.25) is 0 Å². The summed E-state index contributed by atoms with van der Waals surface area (Å²) in [6.45, 7) is 1.19. The van der Waals surface area contributed by atoms with Gasteiger partial charge in [0.25, 0.3) is 0 Å². The number of carbonyl (C=O) groups is 3. The van der Waals surface area contributed by atoms with Gasteiger partial charge in [-0.2, -0.15) is 0 Å². The molecule has 0 saturated heterocycles. The number of carboxylic acid groups (broad SMARTS) is 2. The van der Waals surface area contributed by atoms with E-state index in [1.165, 1.54) is 0 Å². The van der Waals surface area contributed by atoms with Crippen molar-refractivity contribution in [3.8, 4) is 0 Å². The maximum absolute atomic E-state index is 11.1. The molecule has 13 heteroatoms. The molecular weight excluding hydrogens is 376 g/mol. The molecule has 142 valence electrons. The third-order valence-electron chi connectivity index (χ3n) is 2.46. The van der Waals surface area contributed by atoms with E-state index >= 15 is 0 Å². The summed E-state index contributed by atoms with van der Waals surface area (Å²) in [6, 6.07) is 0. The molecule has 25 heavy (non-hydrogen) atoms. The smallest absolute Gasteiger partial charge is 0.547 e. The van der Waals surface area contributed by atoms with Gasteiger partial charge in [-0.25, -0.2) is 4.79 Å². The van der Waals surface area contributed by atoms with Gasteiger partial charge in [0.2, 0.25) is 0 Å². The fourth-order valence-corrected chi connectivity index (χ4v) is 0.954. The zero-order valence-electron chi connectivity index (χ0n) is 13.5. The second-order valence-corrected chi connectivity index (χ2v) is 4.57. The minimum Gasteiger partial charge on any atom is -0.547 e. The van der Waals surface area contributed by atoms with Gasteiger partial charge < -0.3 is 55.2 Å². The molecule has 0 bridgehead atoms. The number of ether oxygens (including phenoxy) is 1. The number of aliphatic hydroxyl groups excluding tert-OH is 6. The van der Waals surface area contributed by atoms with Crippen LogP contribution in [0.4, 0.5) is 0 Å².